The van der Waals surface area contributed by atoms with Crippen LogP contribution >= 0.6 is 0 Å². The van der Waals surface area contributed by atoms with Crippen LogP contribution in [0, 0.1) is 0 Å². The summed E-state index contributed by atoms with van der Waals surface area (Å²) in [5.74, 6) is 1.89. The zero-order valence-corrected chi connectivity index (χ0v) is 18.5. The Hall–Kier alpha value is -3.73. The van der Waals surface area contributed by atoms with Gasteiger partial charge in [0.25, 0.3) is 0 Å². The first-order valence-electron chi connectivity index (χ1n) is 11.5. The van der Waals surface area contributed by atoms with Crippen molar-refractivity contribution in [1.29, 1.82) is 0 Å². The maximum Gasteiger partial charge on any atom is 0.163 e. The molecule has 0 radical (unpaired) electrons. The second-order valence-corrected chi connectivity index (χ2v) is 8.46. The number of pyridine rings is 1. The minimum absolute atomic E-state index is 0.0617. The number of nitrogens with one attached hydrogen (secondary N) is 1. The van der Waals surface area contributed by atoms with Gasteiger partial charge in [0.2, 0.25) is 0 Å². The van der Waals surface area contributed by atoms with Gasteiger partial charge in [0.05, 0.1) is 5.92 Å². The molecule has 1 aliphatic carbocycles. The van der Waals surface area contributed by atoms with E-state index in [0.717, 1.165) is 59.5 Å². The van der Waals surface area contributed by atoms with E-state index in [1.54, 1.807) is 12.4 Å². The van der Waals surface area contributed by atoms with Gasteiger partial charge in [-0.25, -0.2) is 4.98 Å². The molecule has 1 atom stereocenters. The van der Waals surface area contributed by atoms with E-state index >= 15 is 0 Å². The Labute approximate surface area is 193 Å². The molecule has 2 aromatic heterocycles. The van der Waals surface area contributed by atoms with E-state index in [1.807, 2.05) is 42.7 Å². The number of ketones is 1. The van der Waals surface area contributed by atoms with Gasteiger partial charge in [0.15, 0.2) is 5.78 Å². The summed E-state index contributed by atoms with van der Waals surface area (Å²) in [6, 6.07) is 18.4. The number of hydrogen-bond donors (Lipinski definition) is 1. The van der Waals surface area contributed by atoms with Crippen LogP contribution in [0.3, 0.4) is 0 Å². The van der Waals surface area contributed by atoms with Gasteiger partial charge in [-0.15, -0.1) is 0 Å². The summed E-state index contributed by atoms with van der Waals surface area (Å²) in [7, 11) is 0. The quantitative estimate of drug-likeness (QED) is 0.405. The van der Waals surface area contributed by atoms with Crippen LogP contribution in [-0.4, -0.2) is 27.3 Å². The largest absolute Gasteiger partial charge is 0.492 e. The van der Waals surface area contributed by atoms with Gasteiger partial charge in [-0.3, -0.25) is 9.78 Å². The van der Waals surface area contributed by atoms with Crippen molar-refractivity contribution >= 4 is 5.78 Å². The molecule has 1 aliphatic rings. The van der Waals surface area contributed by atoms with Crippen LogP contribution < -0.4 is 4.74 Å². The number of Topliss-reactive ketones (excluding diaryl/α,β-unsaturated/α-hetero) is 1. The number of benzene rings is 2. The highest BCUT2D eigenvalue weighted by Gasteiger charge is 2.24. The topological polar surface area (TPSA) is 67.9 Å². The summed E-state index contributed by atoms with van der Waals surface area (Å²) >= 11 is 0. The number of carbonyl (C=O) groups is 1. The molecular weight excluding hydrogens is 410 g/mol. The molecule has 0 bridgehead atoms. The fourth-order valence-electron chi connectivity index (χ4n) is 4.66. The van der Waals surface area contributed by atoms with Crippen molar-refractivity contribution in [3.8, 4) is 5.75 Å². The van der Waals surface area contributed by atoms with Crippen LogP contribution in [0.4, 0.5) is 0 Å². The Morgan fingerprint density at radius 3 is 2.67 bits per heavy atom. The second kappa shape index (κ2) is 9.82. The molecule has 166 valence electrons. The smallest absolute Gasteiger partial charge is 0.163 e. The van der Waals surface area contributed by atoms with E-state index in [1.165, 1.54) is 5.56 Å². The minimum atomic E-state index is -0.0617. The van der Waals surface area contributed by atoms with Crippen molar-refractivity contribution in [3.05, 3.63) is 113 Å². The normalized spacial score (nSPS) is 14.0. The molecule has 5 heteroatoms. The number of aryl methyl sites for hydroxylation is 1. The van der Waals surface area contributed by atoms with Gasteiger partial charge >= 0.3 is 0 Å². The highest BCUT2D eigenvalue weighted by Crippen LogP contribution is 2.33. The molecule has 1 N–H and O–H groups in total. The molecule has 0 spiro atoms. The van der Waals surface area contributed by atoms with E-state index < -0.39 is 0 Å². The number of fused-ring (bicyclic) bond motifs is 1. The number of carbonyl (C=O) groups excluding carboxylic acids is 1. The predicted octanol–water partition coefficient (Wildman–Crippen LogP) is 5.32. The average molecular weight is 438 g/mol. The van der Waals surface area contributed by atoms with Crippen molar-refractivity contribution in [3.63, 3.8) is 0 Å². The molecule has 0 amide bonds. The third-order valence-electron chi connectivity index (χ3n) is 6.37. The van der Waals surface area contributed by atoms with E-state index in [9.17, 15) is 4.79 Å². The lowest BCUT2D eigenvalue weighted by atomic mass is 9.85. The monoisotopic (exact) mass is 437 g/mol. The van der Waals surface area contributed by atoms with Crippen LogP contribution in [0.5, 0.6) is 5.75 Å². The van der Waals surface area contributed by atoms with Gasteiger partial charge in [0, 0.05) is 36.8 Å². The zero-order valence-electron chi connectivity index (χ0n) is 18.5. The van der Waals surface area contributed by atoms with Gasteiger partial charge in [-0.2, -0.15) is 0 Å². The molecule has 4 aromatic rings. The molecule has 0 fully saturated rings. The summed E-state index contributed by atoms with van der Waals surface area (Å²) in [6.45, 7) is 0.435. The molecule has 0 aliphatic heterocycles. The summed E-state index contributed by atoms with van der Waals surface area (Å²) in [4.78, 5) is 24.6. The van der Waals surface area contributed by atoms with Crippen LogP contribution in [0.1, 0.15) is 57.2 Å². The Morgan fingerprint density at radius 2 is 1.88 bits per heavy atom. The van der Waals surface area contributed by atoms with E-state index in [-0.39, 0.29) is 11.7 Å². The molecule has 2 aromatic carbocycles. The third kappa shape index (κ3) is 4.72. The zero-order chi connectivity index (χ0) is 22.5. The highest BCUT2D eigenvalue weighted by molar-refractivity contribution is 5.99. The maximum atomic E-state index is 12.6. The second-order valence-electron chi connectivity index (χ2n) is 8.46. The van der Waals surface area contributed by atoms with Crippen LogP contribution in [0.15, 0.2) is 79.4 Å². The maximum absolute atomic E-state index is 12.6. The summed E-state index contributed by atoms with van der Waals surface area (Å²) in [5.41, 5.74) is 5.52. The van der Waals surface area contributed by atoms with Crippen LogP contribution in [0.25, 0.3) is 0 Å². The first kappa shape index (κ1) is 21.1. The molecule has 5 rings (SSSR count). The van der Waals surface area contributed by atoms with E-state index in [2.05, 4.69) is 39.2 Å². The van der Waals surface area contributed by atoms with E-state index in [0.29, 0.717) is 13.0 Å². The van der Waals surface area contributed by atoms with Crippen molar-refractivity contribution in [1.82, 2.24) is 15.0 Å². The number of aromatic amines is 1. The Balaban J connectivity index is 1.44. The molecular formula is C28H27N3O2. The van der Waals surface area contributed by atoms with Gasteiger partial charge in [-0.05, 0) is 66.1 Å². The molecule has 2 heterocycles. The number of nitrogens with zero attached hydrogens (tertiary/aromatic N) is 2. The first-order chi connectivity index (χ1) is 16.3. The Bertz CT molecular complexity index is 1200. The minimum Gasteiger partial charge on any atom is -0.492 e. The highest BCUT2D eigenvalue weighted by atomic mass is 16.5. The predicted molar refractivity (Wildman–Crippen MR) is 128 cm³/mol. The summed E-state index contributed by atoms with van der Waals surface area (Å²) in [5, 5.41) is 0. The lowest BCUT2D eigenvalue weighted by Crippen LogP contribution is -2.17. The van der Waals surface area contributed by atoms with E-state index in [4.69, 9.17) is 4.74 Å². The van der Waals surface area contributed by atoms with Gasteiger partial charge < -0.3 is 9.72 Å². The summed E-state index contributed by atoms with van der Waals surface area (Å²) in [6.07, 6.45) is 11.4. The molecule has 33 heavy (non-hydrogen) atoms. The van der Waals surface area contributed by atoms with Gasteiger partial charge in [0.1, 0.15) is 18.2 Å². The lowest BCUT2D eigenvalue weighted by molar-refractivity contribution is 0.0972. The Morgan fingerprint density at radius 1 is 0.970 bits per heavy atom. The standard InChI is InChI=1S/C28H27N3O2/c32-26-10-4-9-22-23(26)13-14-27(24(22)12-11-20-6-2-1-3-7-20)33-19-25(28-30-16-17-31-28)21-8-5-15-29-18-21/h1-3,5-8,13-18,25H,4,9-12,19H2,(H,30,31). The fourth-order valence-corrected chi connectivity index (χ4v) is 4.66. The van der Waals surface area contributed by atoms with Crippen molar-refractivity contribution in [2.75, 3.05) is 6.61 Å². The number of H-pyrrole nitrogens is 1. The number of ether oxygens (including phenoxy) is 1. The van der Waals surface area contributed by atoms with Crippen LogP contribution in [0.2, 0.25) is 0 Å². The lowest BCUT2D eigenvalue weighted by Gasteiger charge is -2.23. The average Bonchev–Trinajstić information content (AvgIpc) is 3.39. The molecule has 5 nitrogen and oxygen atoms in total. The summed E-state index contributed by atoms with van der Waals surface area (Å²) < 4.78 is 6.47. The van der Waals surface area contributed by atoms with Crippen molar-refractivity contribution in [2.45, 2.75) is 38.0 Å². The first-order valence-corrected chi connectivity index (χ1v) is 11.5. The molecule has 0 saturated carbocycles. The van der Waals surface area contributed by atoms with Gasteiger partial charge in [-0.1, -0.05) is 36.4 Å². The number of hydrogen-bond acceptors (Lipinski definition) is 4. The number of rotatable bonds is 8. The SMILES string of the molecule is O=C1CCCc2c1ccc(OCC(c1cccnc1)c1ncc[nH]1)c2CCc1ccccc1. The Kier molecular flexibility index (Phi) is 6.29. The molecule has 0 saturated heterocycles. The van der Waals surface area contributed by atoms with Crippen molar-refractivity contribution in [2.24, 2.45) is 0 Å². The number of imidazole rings is 1. The van der Waals surface area contributed by atoms with Crippen LogP contribution in [-0.2, 0) is 19.3 Å². The number of aromatic nitrogens is 3. The fraction of sp³-hybridized carbons (Fsp3) is 0.250. The molecule has 1 unspecified atom stereocenters. The van der Waals surface area contributed by atoms with Crippen molar-refractivity contribution < 1.29 is 9.53 Å². The third-order valence-corrected chi connectivity index (χ3v) is 6.37.